The van der Waals surface area contributed by atoms with E-state index in [1.54, 1.807) is 0 Å². The Balaban J connectivity index is 2.52. The maximum atomic E-state index is 11.3. The van der Waals surface area contributed by atoms with Crippen LogP contribution in [0.2, 0.25) is 5.02 Å². The predicted molar refractivity (Wildman–Crippen MR) is 64.4 cm³/mol. The summed E-state index contributed by atoms with van der Waals surface area (Å²) in [6.07, 6.45) is 1.09. The number of phenols is 1. The fourth-order valence-corrected chi connectivity index (χ4v) is 1.71. The number of nitro groups is 1. The summed E-state index contributed by atoms with van der Waals surface area (Å²) >= 11 is 5.68. The number of nitrogens with zero attached hydrogens (tertiary/aromatic N) is 1. The van der Waals surface area contributed by atoms with Gasteiger partial charge in [0.1, 0.15) is 5.70 Å². The lowest BCUT2D eigenvalue weighted by atomic mass is 10.1. The molecule has 3 amide bonds. The molecule has 19 heavy (non-hydrogen) atoms. The summed E-state index contributed by atoms with van der Waals surface area (Å²) in [5.74, 6) is -1.34. The van der Waals surface area contributed by atoms with Crippen LogP contribution >= 0.6 is 11.6 Å². The van der Waals surface area contributed by atoms with Crippen molar-refractivity contribution in [2.45, 2.75) is 0 Å². The number of carbonyl (C=O) groups excluding carboxylic acids is 2. The van der Waals surface area contributed by atoms with Gasteiger partial charge in [-0.2, -0.15) is 0 Å². The Labute approximate surface area is 110 Å². The Morgan fingerprint density at radius 3 is 2.53 bits per heavy atom. The summed E-state index contributed by atoms with van der Waals surface area (Å²) in [7, 11) is 0. The molecule has 1 fully saturated rings. The summed E-state index contributed by atoms with van der Waals surface area (Å²) < 4.78 is 0. The lowest BCUT2D eigenvalue weighted by Gasteiger charge is -2.02. The number of phenolic OH excluding ortho intramolecular Hbond substituents is 1. The van der Waals surface area contributed by atoms with Crippen LogP contribution in [0.15, 0.2) is 17.8 Å². The van der Waals surface area contributed by atoms with Gasteiger partial charge in [0.15, 0.2) is 0 Å². The largest absolute Gasteiger partial charge is 0.502 e. The third-order valence-corrected chi connectivity index (χ3v) is 2.52. The van der Waals surface area contributed by atoms with Gasteiger partial charge in [0.2, 0.25) is 5.75 Å². The lowest BCUT2D eigenvalue weighted by Crippen LogP contribution is -2.22. The smallest absolute Gasteiger partial charge is 0.326 e. The van der Waals surface area contributed by atoms with Gasteiger partial charge in [-0.1, -0.05) is 11.6 Å². The van der Waals surface area contributed by atoms with Gasteiger partial charge in [0.05, 0.1) is 4.92 Å². The number of hydrogen-bond acceptors (Lipinski definition) is 5. The maximum absolute atomic E-state index is 11.3. The summed E-state index contributed by atoms with van der Waals surface area (Å²) in [5, 5.41) is 24.6. The quantitative estimate of drug-likeness (QED) is 0.325. The highest BCUT2D eigenvalue weighted by Gasteiger charge is 2.25. The topological polar surface area (TPSA) is 122 Å². The number of hydrogen-bond donors (Lipinski definition) is 3. The van der Waals surface area contributed by atoms with Crippen LogP contribution in [-0.2, 0) is 4.79 Å². The van der Waals surface area contributed by atoms with Crippen molar-refractivity contribution in [3.63, 3.8) is 0 Å². The van der Waals surface area contributed by atoms with Crippen molar-refractivity contribution in [2.75, 3.05) is 0 Å². The molecular formula is C10H6ClN3O5. The summed E-state index contributed by atoms with van der Waals surface area (Å²) in [6.45, 7) is 0. The molecule has 98 valence electrons. The molecule has 2 rings (SSSR count). The van der Waals surface area contributed by atoms with Crippen LogP contribution in [0.5, 0.6) is 5.75 Å². The Morgan fingerprint density at radius 2 is 2.00 bits per heavy atom. The molecule has 0 aromatic heterocycles. The highest BCUT2D eigenvalue weighted by atomic mass is 35.5. The normalized spacial score (nSPS) is 16.4. The first-order chi connectivity index (χ1) is 8.88. The minimum atomic E-state index is -0.809. The fourth-order valence-electron chi connectivity index (χ4n) is 1.49. The van der Waals surface area contributed by atoms with Gasteiger partial charge in [0.25, 0.3) is 5.91 Å². The average molecular weight is 284 g/mol. The molecule has 1 aliphatic rings. The lowest BCUT2D eigenvalue weighted by molar-refractivity contribution is -0.385. The Kier molecular flexibility index (Phi) is 3.09. The number of aromatic hydroxyl groups is 1. The third-order valence-electron chi connectivity index (χ3n) is 2.30. The maximum Gasteiger partial charge on any atom is 0.326 e. The van der Waals surface area contributed by atoms with E-state index in [1.165, 1.54) is 6.07 Å². The van der Waals surface area contributed by atoms with Crippen molar-refractivity contribution in [3.05, 3.63) is 38.5 Å². The first-order valence-corrected chi connectivity index (χ1v) is 5.27. The molecule has 0 saturated carbocycles. The molecule has 1 heterocycles. The predicted octanol–water partition coefficient (Wildman–Crippen LogP) is 1.13. The molecule has 0 bridgehead atoms. The number of carbonyl (C=O) groups is 2. The number of amides is 3. The second-order valence-corrected chi connectivity index (χ2v) is 4.02. The highest BCUT2D eigenvalue weighted by Crippen LogP contribution is 2.34. The minimum absolute atomic E-state index is 0.0149. The van der Waals surface area contributed by atoms with Gasteiger partial charge < -0.3 is 10.4 Å². The van der Waals surface area contributed by atoms with Gasteiger partial charge in [-0.25, -0.2) is 4.79 Å². The number of halogens is 1. The molecule has 1 aliphatic heterocycles. The van der Waals surface area contributed by atoms with Crippen molar-refractivity contribution in [3.8, 4) is 5.75 Å². The molecule has 1 aromatic carbocycles. The van der Waals surface area contributed by atoms with Crippen molar-refractivity contribution in [2.24, 2.45) is 0 Å². The first kappa shape index (κ1) is 12.8. The van der Waals surface area contributed by atoms with Gasteiger partial charge >= 0.3 is 11.7 Å². The van der Waals surface area contributed by atoms with Crippen molar-refractivity contribution >= 4 is 35.3 Å². The van der Waals surface area contributed by atoms with Gasteiger partial charge in [-0.15, -0.1) is 0 Å². The molecule has 0 atom stereocenters. The minimum Gasteiger partial charge on any atom is -0.502 e. The van der Waals surface area contributed by atoms with Crippen LogP contribution in [0.25, 0.3) is 6.08 Å². The molecule has 1 saturated heterocycles. The molecule has 1 aromatic rings. The van der Waals surface area contributed by atoms with E-state index in [2.05, 4.69) is 5.32 Å². The van der Waals surface area contributed by atoms with E-state index in [-0.39, 0.29) is 16.3 Å². The van der Waals surface area contributed by atoms with E-state index < -0.39 is 28.3 Å². The monoisotopic (exact) mass is 283 g/mol. The number of urea groups is 1. The third kappa shape index (κ3) is 2.47. The average Bonchev–Trinajstić information content (AvgIpc) is 2.61. The van der Waals surface area contributed by atoms with Crippen LogP contribution in [0.1, 0.15) is 5.56 Å². The van der Waals surface area contributed by atoms with Crippen LogP contribution in [0.3, 0.4) is 0 Å². The van der Waals surface area contributed by atoms with E-state index in [0.717, 1.165) is 12.1 Å². The molecular weight excluding hydrogens is 278 g/mol. The Bertz CT molecular complexity index is 640. The second kappa shape index (κ2) is 4.58. The van der Waals surface area contributed by atoms with Gasteiger partial charge in [-0.3, -0.25) is 20.2 Å². The Hall–Kier alpha value is -2.61. The van der Waals surface area contributed by atoms with Crippen LogP contribution in [0.4, 0.5) is 10.5 Å². The molecule has 3 N–H and O–H groups in total. The number of imide groups is 1. The van der Waals surface area contributed by atoms with E-state index in [1.807, 2.05) is 5.32 Å². The zero-order chi connectivity index (χ0) is 14.2. The zero-order valence-electron chi connectivity index (χ0n) is 9.14. The van der Waals surface area contributed by atoms with Gasteiger partial charge in [0, 0.05) is 16.7 Å². The zero-order valence-corrected chi connectivity index (χ0v) is 9.89. The van der Waals surface area contributed by atoms with Gasteiger partial charge in [-0.05, 0) is 12.1 Å². The number of benzene rings is 1. The van der Waals surface area contributed by atoms with E-state index in [4.69, 9.17) is 11.6 Å². The van der Waals surface area contributed by atoms with Crippen LogP contribution in [0, 0.1) is 10.1 Å². The molecule has 9 heteroatoms. The summed E-state index contributed by atoms with van der Waals surface area (Å²) in [6, 6.07) is 1.49. The van der Waals surface area contributed by atoms with Crippen LogP contribution < -0.4 is 10.6 Å². The van der Waals surface area contributed by atoms with Crippen molar-refractivity contribution in [1.82, 2.24) is 10.6 Å². The molecule has 0 radical (unpaired) electrons. The molecule has 0 aliphatic carbocycles. The standard InChI is InChI=1S/C10H6ClN3O5/c11-5-1-4(8(15)7(3-5)14(18)19)2-6-9(16)13-10(17)12-6/h1-3,15H,(H2,12,13,16,17)/b6-2+. The van der Waals surface area contributed by atoms with E-state index in [0.29, 0.717) is 0 Å². The number of nitrogens with one attached hydrogen (secondary N) is 2. The van der Waals surface area contributed by atoms with Crippen molar-refractivity contribution < 1.29 is 19.6 Å². The molecule has 0 spiro atoms. The SMILES string of the molecule is O=C1NC(=O)/C(=C\c2cc(Cl)cc([N+](=O)[O-])c2O)N1. The van der Waals surface area contributed by atoms with E-state index >= 15 is 0 Å². The second-order valence-electron chi connectivity index (χ2n) is 3.59. The number of rotatable bonds is 2. The Morgan fingerprint density at radius 1 is 1.32 bits per heavy atom. The van der Waals surface area contributed by atoms with E-state index in [9.17, 15) is 24.8 Å². The highest BCUT2D eigenvalue weighted by molar-refractivity contribution is 6.31. The summed E-state index contributed by atoms with van der Waals surface area (Å²) in [5.41, 5.74) is -0.785. The summed E-state index contributed by atoms with van der Waals surface area (Å²) in [4.78, 5) is 32.1. The number of nitro benzene ring substituents is 1. The molecule has 0 unspecified atom stereocenters. The fraction of sp³-hybridized carbons (Fsp3) is 0. The van der Waals surface area contributed by atoms with Crippen LogP contribution in [-0.4, -0.2) is 22.0 Å². The molecule has 8 nitrogen and oxygen atoms in total. The first-order valence-electron chi connectivity index (χ1n) is 4.89. The van der Waals surface area contributed by atoms with Crippen molar-refractivity contribution in [1.29, 1.82) is 0 Å².